The largest absolute Gasteiger partial charge is 0.368 e. The molecule has 0 fully saturated rings. The standard InChI is InChI=1S/C18H16N6O/c19-18-21-9-13-10-24(11-15(13)23-18)16-8-12(6-7-20-16)17(25)22-14-4-2-1-3-5-14/h1-9H,10-11H2,(H,22,25)(H2,19,21,23). The molecule has 0 saturated heterocycles. The van der Waals surface area contributed by atoms with Gasteiger partial charge >= 0.3 is 0 Å². The van der Waals surface area contributed by atoms with Crippen LogP contribution in [-0.2, 0) is 13.1 Å². The molecule has 4 rings (SSSR count). The number of hydrogen-bond donors (Lipinski definition) is 2. The number of hydrogen-bond acceptors (Lipinski definition) is 6. The van der Waals surface area contributed by atoms with E-state index in [0.29, 0.717) is 18.7 Å². The van der Waals surface area contributed by atoms with Gasteiger partial charge in [-0.25, -0.2) is 15.0 Å². The molecule has 7 heteroatoms. The molecule has 1 aromatic carbocycles. The Morgan fingerprint density at radius 2 is 1.96 bits per heavy atom. The fourth-order valence-electron chi connectivity index (χ4n) is 2.79. The van der Waals surface area contributed by atoms with Crippen molar-refractivity contribution >= 4 is 23.4 Å². The molecule has 7 nitrogen and oxygen atoms in total. The molecule has 124 valence electrons. The van der Waals surface area contributed by atoms with E-state index >= 15 is 0 Å². The summed E-state index contributed by atoms with van der Waals surface area (Å²) in [6.07, 6.45) is 3.38. The number of nitrogens with zero attached hydrogens (tertiary/aromatic N) is 4. The summed E-state index contributed by atoms with van der Waals surface area (Å²) in [5.74, 6) is 0.817. The van der Waals surface area contributed by atoms with Gasteiger partial charge < -0.3 is 16.0 Å². The van der Waals surface area contributed by atoms with Crippen LogP contribution in [0.2, 0.25) is 0 Å². The van der Waals surface area contributed by atoms with Gasteiger partial charge in [0, 0.05) is 35.8 Å². The molecule has 0 unspecified atom stereocenters. The summed E-state index contributed by atoms with van der Waals surface area (Å²) in [6, 6.07) is 12.8. The molecular formula is C18H16N6O. The first kappa shape index (κ1) is 15.1. The van der Waals surface area contributed by atoms with Crippen molar-refractivity contribution in [2.75, 3.05) is 16.0 Å². The Kier molecular flexibility index (Phi) is 3.74. The van der Waals surface area contributed by atoms with Crippen molar-refractivity contribution in [1.29, 1.82) is 0 Å². The van der Waals surface area contributed by atoms with Gasteiger partial charge in [-0.3, -0.25) is 4.79 Å². The van der Waals surface area contributed by atoms with E-state index in [1.54, 1.807) is 24.5 Å². The van der Waals surface area contributed by atoms with Gasteiger partial charge in [0.25, 0.3) is 5.91 Å². The monoisotopic (exact) mass is 332 g/mol. The number of para-hydroxylation sites is 1. The van der Waals surface area contributed by atoms with Gasteiger partial charge in [-0.05, 0) is 24.3 Å². The van der Waals surface area contributed by atoms with Crippen LogP contribution in [0.3, 0.4) is 0 Å². The number of pyridine rings is 1. The number of amides is 1. The quantitative estimate of drug-likeness (QED) is 0.763. The van der Waals surface area contributed by atoms with Crippen LogP contribution >= 0.6 is 0 Å². The third-order valence-corrected chi connectivity index (χ3v) is 4.04. The Bertz CT molecular complexity index is 928. The van der Waals surface area contributed by atoms with Crippen LogP contribution in [0.1, 0.15) is 21.6 Å². The molecule has 0 bridgehead atoms. The maximum absolute atomic E-state index is 12.4. The molecule has 2 aromatic heterocycles. The highest BCUT2D eigenvalue weighted by Crippen LogP contribution is 2.26. The lowest BCUT2D eigenvalue weighted by Crippen LogP contribution is -2.18. The van der Waals surface area contributed by atoms with Gasteiger partial charge in [0.05, 0.1) is 12.2 Å². The van der Waals surface area contributed by atoms with Gasteiger partial charge in [-0.15, -0.1) is 0 Å². The zero-order chi connectivity index (χ0) is 17.2. The Balaban J connectivity index is 1.53. The van der Waals surface area contributed by atoms with Gasteiger partial charge in [-0.1, -0.05) is 18.2 Å². The minimum atomic E-state index is -0.171. The van der Waals surface area contributed by atoms with E-state index in [1.807, 2.05) is 35.2 Å². The number of fused-ring (bicyclic) bond motifs is 1. The predicted octanol–water partition coefficient (Wildman–Crippen LogP) is 2.23. The van der Waals surface area contributed by atoms with Gasteiger partial charge in [0.15, 0.2) is 0 Å². The van der Waals surface area contributed by atoms with E-state index in [-0.39, 0.29) is 11.9 Å². The number of anilines is 3. The molecule has 3 aromatic rings. The first-order valence-corrected chi connectivity index (χ1v) is 7.87. The van der Waals surface area contributed by atoms with Crippen LogP contribution in [0.25, 0.3) is 0 Å². The van der Waals surface area contributed by atoms with Gasteiger partial charge in [-0.2, -0.15) is 0 Å². The number of nitrogens with two attached hydrogens (primary N) is 1. The van der Waals surface area contributed by atoms with Crippen molar-refractivity contribution in [1.82, 2.24) is 15.0 Å². The second-order valence-corrected chi connectivity index (χ2v) is 5.78. The summed E-state index contributed by atoms with van der Waals surface area (Å²) in [5.41, 5.74) is 8.87. The molecule has 1 aliphatic heterocycles. The third kappa shape index (κ3) is 3.12. The Hall–Kier alpha value is -3.48. The Labute approximate surface area is 144 Å². The molecule has 3 N–H and O–H groups in total. The number of nitrogens with one attached hydrogen (secondary N) is 1. The molecule has 0 saturated carbocycles. The zero-order valence-corrected chi connectivity index (χ0v) is 13.4. The van der Waals surface area contributed by atoms with Crippen molar-refractivity contribution < 1.29 is 4.79 Å². The topological polar surface area (TPSA) is 97.0 Å². The minimum Gasteiger partial charge on any atom is -0.368 e. The van der Waals surface area contributed by atoms with Crippen LogP contribution in [0.4, 0.5) is 17.5 Å². The number of benzene rings is 1. The van der Waals surface area contributed by atoms with Crippen LogP contribution in [0, 0.1) is 0 Å². The summed E-state index contributed by atoms with van der Waals surface area (Å²) in [4.78, 5) is 27.2. The van der Waals surface area contributed by atoms with E-state index < -0.39 is 0 Å². The summed E-state index contributed by atoms with van der Waals surface area (Å²) in [5, 5.41) is 2.88. The Morgan fingerprint density at radius 3 is 2.80 bits per heavy atom. The molecule has 0 radical (unpaired) electrons. The Morgan fingerprint density at radius 1 is 1.12 bits per heavy atom. The van der Waals surface area contributed by atoms with Crippen molar-refractivity contribution in [2.45, 2.75) is 13.1 Å². The summed E-state index contributed by atoms with van der Waals surface area (Å²) < 4.78 is 0. The fraction of sp³-hybridized carbons (Fsp3) is 0.111. The van der Waals surface area contributed by atoms with Crippen molar-refractivity contribution in [3.8, 4) is 0 Å². The molecule has 3 heterocycles. The summed E-state index contributed by atoms with van der Waals surface area (Å²) >= 11 is 0. The lowest BCUT2D eigenvalue weighted by Gasteiger charge is -2.16. The molecular weight excluding hydrogens is 316 g/mol. The number of aromatic nitrogens is 3. The van der Waals surface area contributed by atoms with E-state index in [2.05, 4.69) is 20.3 Å². The third-order valence-electron chi connectivity index (χ3n) is 4.04. The minimum absolute atomic E-state index is 0.171. The van der Waals surface area contributed by atoms with E-state index in [4.69, 9.17) is 5.73 Å². The lowest BCUT2D eigenvalue weighted by atomic mass is 10.2. The highest BCUT2D eigenvalue weighted by atomic mass is 16.1. The van der Waals surface area contributed by atoms with E-state index in [0.717, 1.165) is 22.8 Å². The van der Waals surface area contributed by atoms with Gasteiger partial charge in [0.2, 0.25) is 5.95 Å². The van der Waals surface area contributed by atoms with E-state index in [9.17, 15) is 4.79 Å². The first-order chi connectivity index (χ1) is 12.2. The predicted molar refractivity (Wildman–Crippen MR) is 95.0 cm³/mol. The highest BCUT2D eigenvalue weighted by molar-refractivity contribution is 6.04. The van der Waals surface area contributed by atoms with Crippen LogP contribution in [-0.4, -0.2) is 20.9 Å². The van der Waals surface area contributed by atoms with Crippen molar-refractivity contribution in [2.24, 2.45) is 0 Å². The lowest BCUT2D eigenvalue weighted by molar-refractivity contribution is 0.102. The molecule has 0 aliphatic carbocycles. The number of carbonyl (C=O) groups excluding carboxylic acids is 1. The molecule has 1 amide bonds. The maximum Gasteiger partial charge on any atom is 0.255 e. The number of carbonyl (C=O) groups is 1. The average Bonchev–Trinajstić information content (AvgIpc) is 3.06. The number of rotatable bonds is 3. The SMILES string of the molecule is Nc1ncc2c(n1)CN(c1cc(C(=O)Nc3ccccc3)ccn1)C2. The summed E-state index contributed by atoms with van der Waals surface area (Å²) in [7, 11) is 0. The molecule has 1 aliphatic rings. The van der Waals surface area contributed by atoms with E-state index in [1.165, 1.54) is 0 Å². The van der Waals surface area contributed by atoms with Gasteiger partial charge in [0.1, 0.15) is 5.82 Å². The molecule has 0 atom stereocenters. The molecule has 0 spiro atoms. The van der Waals surface area contributed by atoms with Crippen LogP contribution in [0.5, 0.6) is 0 Å². The average molecular weight is 332 g/mol. The number of nitrogen functional groups attached to an aromatic ring is 1. The molecule has 25 heavy (non-hydrogen) atoms. The normalized spacial score (nSPS) is 12.7. The maximum atomic E-state index is 12.4. The highest BCUT2D eigenvalue weighted by Gasteiger charge is 2.22. The second kappa shape index (κ2) is 6.20. The fourth-order valence-corrected chi connectivity index (χ4v) is 2.79. The van der Waals surface area contributed by atoms with Crippen LogP contribution in [0.15, 0.2) is 54.9 Å². The zero-order valence-electron chi connectivity index (χ0n) is 13.4. The second-order valence-electron chi connectivity index (χ2n) is 5.78. The smallest absolute Gasteiger partial charge is 0.255 e. The first-order valence-electron chi connectivity index (χ1n) is 7.87. The van der Waals surface area contributed by atoms with Crippen molar-refractivity contribution in [3.05, 3.63) is 71.7 Å². The summed E-state index contributed by atoms with van der Waals surface area (Å²) in [6.45, 7) is 1.24. The van der Waals surface area contributed by atoms with Crippen LogP contribution < -0.4 is 16.0 Å². The van der Waals surface area contributed by atoms with Crippen molar-refractivity contribution in [3.63, 3.8) is 0 Å².